The number of carbonyl (C=O) groups is 1. The minimum absolute atomic E-state index is 0.141. The van der Waals surface area contributed by atoms with Crippen LogP contribution in [-0.2, 0) is 4.74 Å². The van der Waals surface area contributed by atoms with Crippen molar-refractivity contribution in [3.05, 3.63) is 30.1 Å². The van der Waals surface area contributed by atoms with Gasteiger partial charge in [0.05, 0.1) is 0 Å². The van der Waals surface area contributed by atoms with Crippen LogP contribution in [0.25, 0.3) is 0 Å². The highest BCUT2D eigenvalue weighted by Crippen LogP contribution is 2.21. The van der Waals surface area contributed by atoms with Crippen molar-refractivity contribution >= 4 is 6.09 Å². The summed E-state index contributed by atoms with van der Waals surface area (Å²) < 4.78 is 5.47. The Morgan fingerprint density at radius 1 is 1.35 bits per heavy atom. The predicted octanol–water partition coefficient (Wildman–Crippen LogP) is 2.02. The first kappa shape index (κ1) is 17.7. The maximum atomic E-state index is 12.2. The zero-order valence-electron chi connectivity index (χ0n) is 14.4. The van der Waals surface area contributed by atoms with E-state index >= 15 is 0 Å². The number of nitrogens with two attached hydrogens (primary N) is 1. The summed E-state index contributed by atoms with van der Waals surface area (Å²) in [6, 6.07) is 4.13. The Hall–Kier alpha value is -1.66. The van der Waals surface area contributed by atoms with Gasteiger partial charge in [0.25, 0.3) is 0 Å². The molecule has 1 aliphatic rings. The van der Waals surface area contributed by atoms with Crippen LogP contribution in [0.15, 0.2) is 24.5 Å². The molecule has 1 aliphatic heterocycles. The molecule has 0 aliphatic carbocycles. The van der Waals surface area contributed by atoms with Crippen LogP contribution in [0, 0.1) is 0 Å². The van der Waals surface area contributed by atoms with Gasteiger partial charge in [-0.05, 0) is 38.8 Å². The molecule has 0 saturated carbocycles. The second kappa shape index (κ2) is 7.75. The molecule has 6 nitrogen and oxygen atoms in total. The highest BCUT2D eigenvalue weighted by atomic mass is 16.6. The van der Waals surface area contributed by atoms with E-state index in [4.69, 9.17) is 10.5 Å². The predicted molar refractivity (Wildman–Crippen MR) is 90.0 cm³/mol. The minimum Gasteiger partial charge on any atom is -0.444 e. The molecular formula is C17H28N4O2. The van der Waals surface area contributed by atoms with E-state index in [2.05, 4.69) is 16.0 Å². The number of aromatic nitrogens is 1. The van der Waals surface area contributed by atoms with Gasteiger partial charge in [-0.15, -0.1) is 0 Å². The fourth-order valence-corrected chi connectivity index (χ4v) is 2.83. The molecule has 1 saturated heterocycles. The van der Waals surface area contributed by atoms with E-state index in [0.29, 0.717) is 13.1 Å². The molecule has 6 heteroatoms. The summed E-state index contributed by atoms with van der Waals surface area (Å²) >= 11 is 0. The van der Waals surface area contributed by atoms with E-state index in [-0.39, 0.29) is 12.1 Å². The van der Waals surface area contributed by atoms with Gasteiger partial charge in [0.15, 0.2) is 0 Å². The number of pyridine rings is 1. The van der Waals surface area contributed by atoms with E-state index in [1.165, 1.54) is 0 Å². The number of carbonyl (C=O) groups excluding carboxylic acids is 1. The van der Waals surface area contributed by atoms with E-state index < -0.39 is 5.60 Å². The molecule has 1 amide bonds. The summed E-state index contributed by atoms with van der Waals surface area (Å²) in [5.41, 5.74) is 6.66. The summed E-state index contributed by atoms with van der Waals surface area (Å²) in [5.74, 6) is 0. The number of ether oxygens (including phenoxy) is 1. The van der Waals surface area contributed by atoms with E-state index in [1.807, 2.05) is 33.0 Å². The molecule has 1 aromatic rings. The SMILES string of the molecule is CC(C)(C)OC(=O)N1CCCN(C(CN)c2cccnc2)CC1. The van der Waals surface area contributed by atoms with Gasteiger partial charge in [0, 0.05) is 51.2 Å². The van der Waals surface area contributed by atoms with Crippen LogP contribution >= 0.6 is 0 Å². The lowest BCUT2D eigenvalue weighted by atomic mass is 10.1. The van der Waals surface area contributed by atoms with Gasteiger partial charge >= 0.3 is 6.09 Å². The van der Waals surface area contributed by atoms with Crippen LogP contribution in [-0.4, -0.2) is 59.2 Å². The standard InChI is InChI=1S/C17H28N4O2/c1-17(2,3)23-16(22)21-9-5-8-20(10-11-21)15(12-18)14-6-4-7-19-13-14/h4,6-7,13,15H,5,8-12,18H2,1-3H3. The van der Waals surface area contributed by atoms with E-state index in [0.717, 1.165) is 31.6 Å². The molecule has 1 fully saturated rings. The molecular weight excluding hydrogens is 292 g/mol. The van der Waals surface area contributed by atoms with Gasteiger partial charge in [-0.3, -0.25) is 9.88 Å². The molecule has 2 rings (SSSR count). The van der Waals surface area contributed by atoms with E-state index in [9.17, 15) is 4.79 Å². The van der Waals surface area contributed by atoms with Crippen molar-refractivity contribution in [2.45, 2.75) is 38.8 Å². The molecule has 2 N–H and O–H groups in total. The Bertz CT molecular complexity index is 501. The van der Waals surface area contributed by atoms with Gasteiger partial charge in [0.2, 0.25) is 0 Å². The number of hydrogen-bond donors (Lipinski definition) is 1. The quantitative estimate of drug-likeness (QED) is 0.922. The number of amides is 1. The number of nitrogens with zero attached hydrogens (tertiary/aromatic N) is 3. The fourth-order valence-electron chi connectivity index (χ4n) is 2.83. The zero-order chi connectivity index (χ0) is 16.9. The molecule has 0 spiro atoms. The second-order valence-corrected chi connectivity index (χ2v) is 6.89. The van der Waals surface area contributed by atoms with Crippen molar-refractivity contribution in [2.75, 3.05) is 32.7 Å². The van der Waals surface area contributed by atoms with Gasteiger partial charge < -0.3 is 15.4 Å². The normalized spacial score (nSPS) is 18.3. The third kappa shape index (κ3) is 5.18. The topological polar surface area (TPSA) is 71.7 Å². The van der Waals surface area contributed by atoms with Gasteiger partial charge in [-0.2, -0.15) is 0 Å². The van der Waals surface area contributed by atoms with Crippen molar-refractivity contribution in [1.82, 2.24) is 14.8 Å². The molecule has 0 radical (unpaired) electrons. The van der Waals surface area contributed by atoms with Crippen molar-refractivity contribution in [3.8, 4) is 0 Å². The molecule has 128 valence electrons. The summed E-state index contributed by atoms with van der Waals surface area (Å²) in [6.45, 7) is 9.29. The number of rotatable bonds is 3. The number of hydrogen-bond acceptors (Lipinski definition) is 5. The highest BCUT2D eigenvalue weighted by Gasteiger charge is 2.27. The van der Waals surface area contributed by atoms with Crippen LogP contribution in [0.3, 0.4) is 0 Å². The second-order valence-electron chi connectivity index (χ2n) is 6.89. The summed E-state index contributed by atoms with van der Waals surface area (Å²) in [6.07, 6.45) is 4.32. The van der Waals surface area contributed by atoms with Crippen molar-refractivity contribution in [1.29, 1.82) is 0 Å². The van der Waals surface area contributed by atoms with Gasteiger partial charge in [-0.1, -0.05) is 6.07 Å². The monoisotopic (exact) mass is 320 g/mol. The van der Waals surface area contributed by atoms with Gasteiger partial charge in [0.1, 0.15) is 5.60 Å². The Labute approximate surface area is 138 Å². The molecule has 23 heavy (non-hydrogen) atoms. The maximum absolute atomic E-state index is 12.2. The lowest BCUT2D eigenvalue weighted by molar-refractivity contribution is 0.0255. The Kier molecular flexibility index (Phi) is 5.96. The molecule has 0 bridgehead atoms. The van der Waals surface area contributed by atoms with Crippen LogP contribution in [0.2, 0.25) is 0 Å². The largest absolute Gasteiger partial charge is 0.444 e. The first-order valence-corrected chi connectivity index (χ1v) is 8.22. The van der Waals surface area contributed by atoms with Crippen LogP contribution < -0.4 is 5.73 Å². The summed E-state index contributed by atoms with van der Waals surface area (Å²) in [4.78, 5) is 20.6. The van der Waals surface area contributed by atoms with Crippen molar-refractivity contribution in [3.63, 3.8) is 0 Å². The summed E-state index contributed by atoms with van der Waals surface area (Å²) in [5, 5.41) is 0. The molecule has 1 unspecified atom stereocenters. The lowest BCUT2D eigenvalue weighted by Gasteiger charge is -2.30. The highest BCUT2D eigenvalue weighted by molar-refractivity contribution is 5.68. The third-order valence-electron chi connectivity index (χ3n) is 3.92. The Morgan fingerprint density at radius 3 is 2.74 bits per heavy atom. The molecule has 0 aromatic carbocycles. The lowest BCUT2D eigenvalue weighted by Crippen LogP contribution is -2.40. The molecule has 2 heterocycles. The minimum atomic E-state index is -0.460. The Balaban J connectivity index is 1.99. The average molecular weight is 320 g/mol. The van der Waals surface area contributed by atoms with Crippen LogP contribution in [0.5, 0.6) is 0 Å². The van der Waals surface area contributed by atoms with Crippen LogP contribution in [0.1, 0.15) is 38.8 Å². The third-order valence-corrected chi connectivity index (χ3v) is 3.92. The first-order chi connectivity index (χ1) is 10.9. The molecule has 1 atom stereocenters. The summed E-state index contributed by atoms with van der Waals surface area (Å²) in [7, 11) is 0. The van der Waals surface area contributed by atoms with Crippen molar-refractivity contribution in [2.24, 2.45) is 5.73 Å². The first-order valence-electron chi connectivity index (χ1n) is 8.22. The van der Waals surface area contributed by atoms with E-state index in [1.54, 1.807) is 11.1 Å². The van der Waals surface area contributed by atoms with Gasteiger partial charge in [-0.25, -0.2) is 4.79 Å². The average Bonchev–Trinajstić information content (AvgIpc) is 2.74. The molecule has 1 aromatic heterocycles. The Morgan fingerprint density at radius 2 is 2.13 bits per heavy atom. The van der Waals surface area contributed by atoms with Crippen LogP contribution in [0.4, 0.5) is 4.79 Å². The van der Waals surface area contributed by atoms with Crippen molar-refractivity contribution < 1.29 is 9.53 Å². The fraction of sp³-hybridized carbons (Fsp3) is 0.647. The zero-order valence-corrected chi connectivity index (χ0v) is 14.4. The maximum Gasteiger partial charge on any atom is 0.410 e. The smallest absolute Gasteiger partial charge is 0.410 e.